The molecule has 0 radical (unpaired) electrons. The maximum atomic E-state index is 11.6. The molecule has 198 valence electrons. The fraction of sp³-hybridized carbons (Fsp3) is 0.389. The first-order chi connectivity index (χ1) is 16.2. The van der Waals surface area contributed by atoms with E-state index in [1.807, 2.05) is 0 Å². The number of aliphatic carboxylic acids is 9. The van der Waals surface area contributed by atoms with Gasteiger partial charge < -0.3 is 46.0 Å². The summed E-state index contributed by atoms with van der Waals surface area (Å²) in [6, 6.07) is 0. The summed E-state index contributed by atoms with van der Waals surface area (Å²) in [6.45, 7) is 3.06. The highest BCUT2D eigenvalue weighted by Crippen LogP contribution is 2.43. The lowest BCUT2D eigenvalue weighted by molar-refractivity contribution is -0.182. The van der Waals surface area contributed by atoms with Crippen LogP contribution in [0.15, 0.2) is 12.2 Å². The smallest absolute Gasteiger partial charge is 0.333 e. The minimum atomic E-state index is -3.95. The Kier molecular flexibility index (Phi) is 9.02. The van der Waals surface area contributed by atoms with Gasteiger partial charge in [0.25, 0.3) is 16.2 Å². The fourth-order valence-corrected chi connectivity index (χ4v) is 3.16. The van der Waals surface area contributed by atoms with Crippen molar-refractivity contribution in [1.82, 2.24) is 0 Å². The van der Waals surface area contributed by atoms with E-state index in [0.29, 0.717) is 0 Å². The molecule has 18 nitrogen and oxygen atoms in total. The molecule has 0 rings (SSSR count). The zero-order chi connectivity index (χ0) is 29.0. The molecule has 0 aromatic carbocycles. The van der Waals surface area contributed by atoms with Crippen LogP contribution in [0.1, 0.15) is 19.3 Å². The molecule has 0 spiro atoms. The van der Waals surface area contributed by atoms with Gasteiger partial charge >= 0.3 is 53.7 Å². The van der Waals surface area contributed by atoms with Gasteiger partial charge in [-0.25, -0.2) is 0 Å². The van der Waals surface area contributed by atoms with Crippen molar-refractivity contribution in [1.29, 1.82) is 0 Å². The van der Waals surface area contributed by atoms with E-state index < -0.39 is 101 Å². The first-order valence-corrected chi connectivity index (χ1v) is 8.97. The molecule has 9 N–H and O–H groups in total. The fourth-order valence-electron chi connectivity index (χ4n) is 3.16. The van der Waals surface area contributed by atoms with E-state index in [4.69, 9.17) is 0 Å². The van der Waals surface area contributed by atoms with E-state index in [-0.39, 0.29) is 0 Å². The maximum absolute atomic E-state index is 11.6. The SMILES string of the molecule is C=C(CC(C(=O)O)(C(=O)O)C(=O)O)C(CC(C(=O)O)(C(=O)O)C(=O)O)CC(C(=O)O)(C(=O)O)C(=O)O. The van der Waals surface area contributed by atoms with Crippen LogP contribution in [0.5, 0.6) is 0 Å². The predicted molar refractivity (Wildman–Crippen MR) is 103 cm³/mol. The molecule has 0 atom stereocenters. The highest BCUT2D eigenvalue weighted by Gasteiger charge is 2.62. The van der Waals surface area contributed by atoms with Crippen molar-refractivity contribution in [2.75, 3.05) is 0 Å². The largest absolute Gasteiger partial charge is 0.480 e. The summed E-state index contributed by atoms with van der Waals surface area (Å²) in [5.41, 5.74) is -12.9. The molecule has 0 heterocycles. The number of carboxylic acid groups (broad SMARTS) is 9. The van der Waals surface area contributed by atoms with Gasteiger partial charge in [0, 0.05) is 6.42 Å². The molecule has 0 amide bonds. The standard InChI is InChI=1S/C18H18O18/c1-5(2-16(7(19)20,8(21)22)9(23)24)6(3-17(10(25)26,11(27)28)12(29)30)4-18(13(31)32,14(33)34)15(35)36/h6H,1-4H2,(H,19,20)(H,21,22)(H,23,24)(H,25,26)(H,27,28)(H,29,30)(H,31,32)(H,33,34)(H,35,36). The van der Waals surface area contributed by atoms with Crippen LogP contribution < -0.4 is 0 Å². The molecule has 0 aliphatic carbocycles. The van der Waals surface area contributed by atoms with Crippen molar-refractivity contribution >= 4 is 53.7 Å². The normalized spacial score (nSPS) is 11.8. The van der Waals surface area contributed by atoms with Gasteiger partial charge in [0.2, 0.25) is 0 Å². The summed E-state index contributed by atoms with van der Waals surface area (Å²) >= 11 is 0. The molecule has 0 unspecified atom stereocenters. The van der Waals surface area contributed by atoms with Gasteiger partial charge in [-0.1, -0.05) is 12.2 Å². The third kappa shape index (κ3) is 4.91. The summed E-state index contributed by atoms with van der Waals surface area (Å²) in [6.07, 6.45) is -5.58. The van der Waals surface area contributed by atoms with E-state index >= 15 is 0 Å². The Balaban J connectivity index is 7.30. The molecule has 18 heteroatoms. The summed E-state index contributed by atoms with van der Waals surface area (Å²) in [7, 11) is 0. The van der Waals surface area contributed by atoms with E-state index in [1.165, 1.54) is 0 Å². The summed E-state index contributed by atoms with van der Waals surface area (Å²) in [4.78, 5) is 104. The minimum Gasteiger partial charge on any atom is -0.480 e. The molecule has 0 aromatic heterocycles. The second-order valence-corrected chi connectivity index (χ2v) is 7.40. The van der Waals surface area contributed by atoms with Gasteiger partial charge in [-0.05, 0) is 18.8 Å². The van der Waals surface area contributed by atoms with Gasteiger partial charge in [0.15, 0.2) is 0 Å². The second-order valence-electron chi connectivity index (χ2n) is 7.40. The third-order valence-corrected chi connectivity index (χ3v) is 5.46. The van der Waals surface area contributed by atoms with Gasteiger partial charge in [-0.15, -0.1) is 0 Å². The molecule has 0 aromatic rings. The lowest BCUT2D eigenvalue weighted by atomic mass is 9.67. The maximum Gasteiger partial charge on any atom is 0.333 e. The topological polar surface area (TPSA) is 336 Å². The van der Waals surface area contributed by atoms with Gasteiger partial charge in [-0.3, -0.25) is 43.2 Å². The minimum absolute atomic E-state index is 1.18. The average molecular weight is 522 g/mol. The number of carbonyl (C=O) groups is 9. The van der Waals surface area contributed by atoms with E-state index in [2.05, 4.69) is 6.58 Å². The van der Waals surface area contributed by atoms with Crippen LogP contribution in [0, 0.1) is 22.2 Å². The van der Waals surface area contributed by atoms with E-state index in [0.717, 1.165) is 0 Å². The second kappa shape index (κ2) is 10.5. The van der Waals surface area contributed by atoms with Crippen molar-refractivity contribution in [3.05, 3.63) is 12.2 Å². The average Bonchev–Trinajstić information content (AvgIpc) is 2.69. The Morgan fingerprint density at radius 1 is 0.444 bits per heavy atom. The zero-order valence-corrected chi connectivity index (χ0v) is 17.6. The molecule has 0 aliphatic rings. The van der Waals surface area contributed by atoms with Crippen LogP contribution in [-0.4, -0.2) is 99.7 Å². The number of rotatable bonds is 16. The third-order valence-electron chi connectivity index (χ3n) is 5.46. The van der Waals surface area contributed by atoms with Gasteiger partial charge in [0.1, 0.15) is 0 Å². The Bertz CT molecular complexity index is 904. The summed E-state index contributed by atoms with van der Waals surface area (Å²) in [5.74, 6) is -26.0. The first-order valence-electron chi connectivity index (χ1n) is 8.97. The Morgan fingerprint density at radius 2 is 0.639 bits per heavy atom. The molecular weight excluding hydrogens is 504 g/mol. The quantitative estimate of drug-likeness (QED) is 0.0784. The molecular formula is C18H18O18. The number of hydrogen-bond acceptors (Lipinski definition) is 9. The van der Waals surface area contributed by atoms with Crippen molar-refractivity contribution in [3.63, 3.8) is 0 Å². The lowest BCUT2D eigenvalue weighted by Crippen LogP contribution is -2.52. The first kappa shape index (κ1) is 31.0. The van der Waals surface area contributed by atoms with Crippen LogP contribution in [0.4, 0.5) is 0 Å². The summed E-state index contributed by atoms with van der Waals surface area (Å²) < 4.78 is 0. The van der Waals surface area contributed by atoms with Crippen LogP contribution in [0.25, 0.3) is 0 Å². The van der Waals surface area contributed by atoms with Crippen LogP contribution in [0.2, 0.25) is 0 Å². The molecule has 0 saturated carbocycles. The molecule has 0 aliphatic heterocycles. The molecule has 36 heavy (non-hydrogen) atoms. The zero-order valence-electron chi connectivity index (χ0n) is 17.6. The molecule has 0 fully saturated rings. The van der Waals surface area contributed by atoms with Crippen LogP contribution in [-0.2, 0) is 43.2 Å². The predicted octanol–water partition coefficient (Wildman–Crippen LogP) is -1.95. The van der Waals surface area contributed by atoms with Crippen LogP contribution in [0.3, 0.4) is 0 Å². The van der Waals surface area contributed by atoms with Crippen LogP contribution >= 0.6 is 0 Å². The Morgan fingerprint density at radius 3 is 0.806 bits per heavy atom. The molecule has 0 bridgehead atoms. The molecule has 0 saturated heterocycles. The van der Waals surface area contributed by atoms with Crippen molar-refractivity contribution in [2.45, 2.75) is 19.3 Å². The Hall–Kier alpha value is -5.03. The lowest BCUT2D eigenvalue weighted by Gasteiger charge is -2.33. The van der Waals surface area contributed by atoms with Crippen molar-refractivity contribution in [2.24, 2.45) is 22.2 Å². The summed E-state index contributed by atoms with van der Waals surface area (Å²) in [5, 5.41) is 83.4. The van der Waals surface area contributed by atoms with Crippen molar-refractivity contribution < 1.29 is 89.1 Å². The van der Waals surface area contributed by atoms with E-state index in [1.54, 1.807) is 0 Å². The van der Waals surface area contributed by atoms with Crippen molar-refractivity contribution in [3.8, 4) is 0 Å². The van der Waals surface area contributed by atoms with E-state index in [9.17, 15) is 89.1 Å². The number of carboxylic acids is 9. The van der Waals surface area contributed by atoms with Gasteiger partial charge in [-0.2, -0.15) is 0 Å². The Labute approximate surface area is 197 Å². The number of hydrogen-bond donors (Lipinski definition) is 9. The highest BCUT2D eigenvalue weighted by atomic mass is 16.4. The highest BCUT2D eigenvalue weighted by molar-refractivity contribution is 6.18. The monoisotopic (exact) mass is 522 g/mol. The van der Waals surface area contributed by atoms with Gasteiger partial charge in [0.05, 0.1) is 0 Å². The number of allylic oxidation sites excluding steroid dienone is 1.